The molecule has 0 radical (unpaired) electrons. The zero-order chi connectivity index (χ0) is 16.1. The molecule has 0 atom stereocenters. The fourth-order valence-corrected chi connectivity index (χ4v) is 1.30. The summed E-state index contributed by atoms with van der Waals surface area (Å²) in [6.07, 6.45) is 8.51. The van der Waals surface area contributed by atoms with Crippen molar-refractivity contribution in [2.45, 2.75) is 47.0 Å². The molecule has 1 amide bonds. The van der Waals surface area contributed by atoms with Gasteiger partial charge in [0.25, 0.3) is 0 Å². The molecule has 2 rings (SSSR count). The number of furan rings is 1. The van der Waals surface area contributed by atoms with Crippen LogP contribution in [0.25, 0.3) is 0 Å². The maximum atomic E-state index is 9.22. The fourth-order valence-electron chi connectivity index (χ4n) is 1.30. The van der Waals surface area contributed by atoms with Crippen LogP contribution >= 0.6 is 0 Å². The number of primary amides is 1. The lowest BCUT2D eigenvalue weighted by Crippen LogP contribution is -2.01. The van der Waals surface area contributed by atoms with Crippen LogP contribution in [-0.2, 0) is 17.6 Å². The Morgan fingerprint density at radius 1 is 1.29 bits per heavy atom. The third-order valence-corrected chi connectivity index (χ3v) is 2.27. The molecule has 0 aliphatic rings. The lowest BCUT2D eigenvalue weighted by molar-refractivity contribution is -0.115. The summed E-state index contributed by atoms with van der Waals surface area (Å²) >= 11 is 0. The molecule has 0 aromatic carbocycles. The first-order chi connectivity index (χ1) is 9.99. The highest BCUT2D eigenvalue weighted by atomic mass is 16.3. The van der Waals surface area contributed by atoms with Crippen LogP contribution in [0.15, 0.2) is 35.2 Å². The standard InChI is InChI=1S/C7H10N2.C7H10O.C2H5NO/c1-3-7-5-8-6(2)4-9-7;1-2-4-7-5-3-6-8-7;1-2(3)4/h4-5H,3H2,1-2H3;3,5-6H,2,4H2,1H3;1H3,(H2,3,4). The molecular formula is C16H25N3O2. The number of carbonyl (C=O) groups excluding carboxylic acids is 1. The normalized spacial score (nSPS) is 8.95. The molecule has 0 bridgehead atoms. The van der Waals surface area contributed by atoms with E-state index in [-0.39, 0.29) is 5.91 Å². The van der Waals surface area contributed by atoms with Crippen molar-refractivity contribution in [2.75, 3.05) is 0 Å². The molecule has 0 aliphatic heterocycles. The molecular weight excluding hydrogens is 266 g/mol. The number of carbonyl (C=O) groups is 1. The number of amides is 1. The topological polar surface area (TPSA) is 82.0 Å². The van der Waals surface area contributed by atoms with E-state index >= 15 is 0 Å². The predicted molar refractivity (Wildman–Crippen MR) is 83.7 cm³/mol. The van der Waals surface area contributed by atoms with Gasteiger partial charge < -0.3 is 10.2 Å². The molecule has 0 spiro atoms. The number of aryl methyl sites for hydroxylation is 3. The minimum absolute atomic E-state index is 0.333. The Hall–Kier alpha value is -2.17. The van der Waals surface area contributed by atoms with Crippen LogP contribution in [0.5, 0.6) is 0 Å². The van der Waals surface area contributed by atoms with Gasteiger partial charge in [0.1, 0.15) is 5.76 Å². The van der Waals surface area contributed by atoms with E-state index in [1.54, 1.807) is 12.5 Å². The van der Waals surface area contributed by atoms with Crippen LogP contribution in [0.1, 0.15) is 44.3 Å². The van der Waals surface area contributed by atoms with Crippen LogP contribution < -0.4 is 5.73 Å². The third-order valence-electron chi connectivity index (χ3n) is 2.27. The van der Waals surface area contributed by atoms with Crippen LogP contribution in [0.3, 0.4) is 0 Å². The van der Waals surface area contributed by atoms with E-state index in [1.807, 2.05) is 25.3 Å². The number of hydrogen-bond donors (Lipinski definition) is 1. The van der Waals surface area contributed by atoms with Crippen LogP contribution in [0.4, 0.5) is 0 Å². The lowest BCUT2D eigenvalue weighted by atomic mass is 10.3. The first-order valence-corrected chi connectivity index (χ1v) is 7.05. The summed E-state index contributed by atoms with van der Waals surface area (Å²) in [4.78, 5) is 17.4. The Morgan fingerprint density at radius 2 is 1.95 bits per heavy atom. The van der Waals surface area contributed by atoms with Crippen molar-refractivity contribution >= 4 is 5.91 Å². The summed E-state index contributed by atoms with van der Waals surface area (Å²) in [5.41, 5.74) is 6.51. The number of nitrogens with zero attached hydrogens (tertiary/aromatic N) is 2. The van der Waals surface area contributed by atoms with Crippen molar-refractivity contribution in [1.82, 2.24) is 9.97 Å². The van der Waals surface area contributed by atoms with E-state index in [9.17, 15) is 4.79 Å². The molecule has 5 nitrogen and oxygen atoms in total. The van der Waals surface area contributed by atoms with Gasteiger partial charge in [0.2, 0.25) is 5.91 Å². The molecule has 2 aromatic rings. The Balaban J connectivity index is 0.000000308. The highest BCUT2D eigenvalue weighted by Crippen LogP contribution is 2.01. The fraction of sp³-hybridized carbons (Fsp3) is 0.438. The van der Waals surface area contributed by atoms with E-state index in [0.29, 0.717) is 0 Å². The summed E-state index contributed by atoms with van der Waals surface area (Å²) in [5, 5.41) is 0. The smallest absolute Gasteiger partial charge is 0.214 e. The summed E-state index contributed by atoms with van der Waals surface area (Å²) in [7, 11) is 0. The summed E-state index contributed by atoms with van der Waals surface area (Å²) in [5.74, 6) is 0.757. The molecule has 0 saturated carbocycles. The van der Waals surface area contributed by atoms with E-state index in [4.69, 9.17) is 4.42 Å². The molecule has 21 heavy (non-hydrogen) atoms. The minimum Gasteiger partial charge on any atom is -0.469 e. The van der Waals surface area contributed by atoms with Gasteiger partial charge in [-0.25, -0.2) is 0 Å². The van der Waals surface area contributed by atoms with Crippen LogP contribution in [0.2, 0.25) is 0 Å². The third kappa shape index (κ3) is 11.4. The van der Waals surface area contributed by atoms with Crippen molar-refractivity contribution in [1.29, 1.82) is 0 Å². The van der Waals surface area contributed by atoms with Crippen LogP contribution in [0, 0.1) is 6.92 Å². The Bertz CT molecular complexity index is 475. The van der Waals surface area contributed by atoms with Gasteiger partial charge in [0, 0.05) is 25.7 Å². The Kier molecular flexibility index (Phi) is 10.4. The van der Waals surface area contributed by atoms with E-state index in [1.165, 1.54) is 6.92 Å². The molecule has 0 saturated heterocycles. The molecule has 0 aliphatic carbocycles. The van der Waals surface area contributed by atoms with Crippen LogP contribution in [-0.4, -0.2) is 15.9 Å². The zero-order valence-electron chi connectivity index (χ0n) is 13.3. The molecule has 116 valence electrons. The number of nitrogens with two attached hydrogens (primary N) is 1. The van der Waals surface area contributed by atoms with Crippen molar-refractivity contribution in [2.24, 2.45) is 5.73 Å². The highest BCUT2D eigenvalue weighted by molar-refractivity contribution is 5.70. The molecule has 2 aromatic heterocycles. The number of aromatic nitrogens is 2. The van der Waals surface area contributed by atoms with Gasteiger partial charge in [0.05, 0.1) is 17.7 Å². The van der Waals surface area contributed by atoms with Crippen molar-refractivity contribution in [3.8, 4) is 0 Å². The monoisotopic (exact) mass is 291 g/mol. The average Bonchev–Trinajstić information content (AvgIpc) is 2.93. The Labute approximate surface area is 126 Å². The second-order valence-corrected chi connectivity index (χ2v) is 4.44. The first kappa shape index (κ1) is 18.8. The van der Waals surface area contributed by atoms with Gasteiger partial charge in [-0.15, -0.1) is 0 Å². The largest absolute Gasteiger partial charge is 0.469 e. The lowest BCUT2D eigenvalue weighted by Gasteiger charge is -1.92. The SMILES string of the molecule is CC(N)=O.CCCc1ccco1.CCc1cnc(C)cn1. The molecule has 0 fully saturated rings. The van der Waals surface area contributed by atoms with E-state index in [0.717, 1.165) is 36.4 Å². The first-order valence-electron chi connectivity index (χ1n) is 7.05. The van der Waals surface area contributed by atoms with Crippen molar-refractivity contribution < 1.29 is 9.21 Å². The van der Waals surface area contributed by atoms with Crippen molar-refractivity contribution in [3.05, 3.63) is 47.9 Å². The molecule has 2 heterocycles. The minimum atomic E-state index is -0.333. The van der Waals surface area contributed by atoms with E-state index in [2.05, 4.69) is 29.5 Å². The predicted octanol–water partition coefficient (Wildman–Crippen LogP) is 3.07. The average molecular weight is 291 g/mol. The van der Waals surface area contributed by atoms with Gasteiger partial charge in [-0.3, -0.25) is 14.8 Å². The maximum Gasteiger partial charge on any atom is 0.214 e. The molecule has 2 N–H and O–H groups in total. The van der Waals surface area contributed by atoms with Gasteiger partial charge in [-0.05, 0) is 31.9 Å². The van der Waals surface area contributed by atoms with E-state index < -0.39 is 0 Å². The second kappa shape index (κ2) is 11.6. The summed E-state index contributed by atoms with van der Waals surface area (Å²) in [6.45, 7) is 7.45. The maximum absolute atomic E-state index is 9.22. The van der Waals surface area contributed by atoms with Gasteiger partial charge in [-0.1, -0.05) is 13.8 Å². The van der Waals surface area contributed by atoms with Gasteiger partial charge >= 0.3 is 0 Å². The van der Waals surface area contributed by atoms with Crippen molar-refractivity contribution in [3.63, 3.8) is 0 Å². The summed E-state index contributed by atoms with van der Waals surface area (Å²) in [6, 6.07) is 3.93. The molecule has 5 heteroatoms. The van der Waals surface area contributed by atoms with Gasteiger partial charge in [-0.2, -0.15) is 0 Å². The second-order valence-electron chi connectivity index (χ2n) is 4.44. The number of rotatable bonds is 3. The zero-order valence-corrected chi connectivity index (χ0v) is 13.3. The summed E-state index contributed by atoms with van der Waals surface area (Å²) < 4.78 is 5.07. The quantitative estimate of drug-likeness (QED) is 0.942. The number of hydrogen-bond acceptors (Lipinski definition) is 4. The molecule has 0 unspecified atom stereocenters. The highest BCUT2D eigenvalue weighted by Gasteiger charge is 1.89. The van der Waals surface area contributed by atoms with Gasteiger partial charge in [0.15, 0.2) is 0 Å². The Morgan fingerprint density at radius 3 is 2.33 bits per heavy atom.